The molecule has 0 aliphatic carbocycles. The summed E-state index contributed by atoms with van der Waals surface area (Å²) in [7, 11) is -3.65. The van der Waals surface area contributed by atoms with Crippen LogP contribution in [-0.2, 0) is 29.4 Å². The number of sulfonamides is 1. The van der Waals surface area contributed by atoms with Crippen molar-refractivity contribution in [2.24, 2.45) is 0 Å². The molecule has 0 fully saturated rings. The third-order valence-corrected chi connectivity index (χ3v) is 7.56. The molecule has 3 aromatic carbocycles. The molecular formula is C29H35F2N3O5S. The number of benzene rings is 3. The van der Waals surface area contributed by atoms with Gasteiger partial charge in [-0.05, 0) is 65.9 Å². The van der Waals surface area contributed by atoms with Gasteiger partial charge in [-0.15, -0.1) is 0 Å². The van der Waals surface area contributed by atoms with Gasteiger partial charge >= 0.3 is 0 Å². The predicted octanol–water partition coefficient (Wildman–Crippen LogP) is 2.78. The molecule has 0 spiro atoms. The van der Waals surface area contributed by atoms with E-state index >= 15 is 0 Å². The van der Waals surface area contributed by atoms with Crippen molar-refractivity contribution in [1.82, 2.24) is 10.6 Å². The first-order valence-corrected chi connectivity index (χ1v) is 14.8. The maximum absolute atomic E-state index is 13.8. The molecule has 11 heteroatoms. The number of nitrogens with one attached hydrogen (secondary N) is 2. The number of carbonyl (C=O) groups is 1. The van der Waals surface area contributed by atoms with Crippen LogP contribution in [0.2, 0.25) is 0 Å². The van der Waals surface area contributed by atoms with E-state index in [4.69, 9.17) is 0 Å². The number of aliphatic hydroxyl groups is 2. The van der Waals surface area contributed by atoms with Crippen LogP contribution in [0.1, 0.15) is 34.0 Å². The zero-order valence-electron chi connectivity index (χ0n) is 22.5. The quantitative estimate of drug-likeness (QED) is 0.235. The van der Waals surface area contributed by atoms with E-state index in [1.807, 2.05) is 18.2 Å². The van der Waals surface area contributed by atoms with Gasteiger partial charge in [0, 0.05) is 24.7 Å². The van der Waals surface area contributed by atoms with Gasteiger partial charge in [0.15, 0.2) is 0 Å². The van der Waals surface area contributed by atoms with Gasteiger partial charge < -0.3 is 20.8 Å². The van der Waals surface area contributed by atoms with Crippen LogP contribution in [0.4, 0.5) is 14.5 Å². The molecule has 0 heterocycles. The number of hydrogen-bond donors (Lipinski definition) is 4. The summed E-state index contributed by atoms with van der Waals surface area (Å²) < 4.78 is 52.8. The maximum atomic E-state index is 13.8. The van der Waals surface area contributed by atoms with Crippen molar-refractivity contribution in [3.8, 4) is 0 Å². The second kappa shape index (κ2) is 14.3. The van der Waals surface area contributed by atoms with Crippen LogP contribution in [0.25, 0.3) is 0 Å². The van der Waals surface area contributed by atoms with Crippen LogP contribution in [0.3, 0.4) is 0 Å². The molecule has 0 aliphatic rings. The second-order valence-corrected chi connectivity index (χ2v) is 11.4. The molecule has 40 heavy (non-hydrogen) atoms. The van der Waals surface area contributed by atoms with Crippen molar-refractivity contribution in [2.75, 3.05) is 30.3 Å². The number of carbonyl (C=O) groups excluding carboxylic acids is 1. The van der Waals surface area contributed by atoms with Crippen LogP contribution in [0, 0.1) is 11.6 Å². The Labute approximate surface area is 233 Å². The lowest BCUT2D eigenvalue weighted by Gasteiger charge is -2.25. The van der Waals surface area contributed by atoms with E-state index in [2.05, 4.69) is 23.6 Å². The molecule has 216 valence electrons. The molecule has 3 rings (SSSR count). The number of anilines is 1. The van der Waals surface area contributed by atoms with Crippen molar-refractivity contribution in [2.45, 2.75) is 38.5 Å². The molecule has 3 aromatic rings. The summed E-state index contributed by atoms with van der Waals surface area (Å²) in [4.78, 5) is 13.1. The van der Waals surface area contributed by atoms with Gasteiger partial charge in [0.1, 0.15) is 11.6 Å². The molecule has 0 saturated heterocycles. The monoisotopic (exact) mass is 575 g/mol. The van der Waals surface area contributed by atoms with E-state index in [1.54, 1.807) is 0 Å². The molecule has 0 aliphatic heterocycles. The van der Waals surface area contributed by atoms with Crippen molar-refractivity contribution in [3.63, 3.8) is 0 Å². The minimum absolute atomic E-state index is 0.0367. The maximum Gasteiger partial charge on any atom is 0.251 e. The first kappa shape index (κ1) is 31.2. The Morgan fingerprint density at radius 3 is 2.23 bits per heavy atom. The van der Waals surface area contributed by atoms with Crippen LogP contribution in [0.5, 0.6) is 0 Å². The lowest BCUT2D eigenvalue weighted by molar-refractivity contribution is 0.0830. The fourth-order valence-electron chi connectivity index (χ4n) is 4.34. The molecule has 2 atom stereocenters. The smallest absolute Gasteiger partial charge is 0.251 e. The van der Waals surface area contributed by atoms with Crippen LogP contribution < -0.4 is 14.9 Å². The number of hydrogen-bond acceptors (Lipinski definition) is 6. The first-order chi connectivity index (χ1) is 19.0. The SMILES string of the molecule is CCc1cccc(CNCC(O)C(Cc2cc(F)cc(F)c2)NC(=O)c2ccc(N(CCO)S(C)(=O)=O)cc2)c1. The van der Waals surface area contributed by atoms with Crippen LogP contribution >= 0.6 is 0 Å². The van der Waals surface area contributed by atoms with Crippen LogP contribution in [-0.4, -0.2) is 62.6 Å². The summed E-state index contributed by atoms with van der Waals surface area (Å²) in [5, 5.41) is 26.1. The lowest BCUT2D eigenvalue weighted by atomic mass is 10.00. The van der Waals surface area contributed by atoms with E-state index in [0.717, 1.165) is 40.7 Å². The molecule has 0 bridgehead atoms. The summed E-state index contributed by atoms with van der Waals surface area (Å²) in [6.07, 6.45) is 0.766. The highest BCUT2D eigenvalue weighted by Crippen LogP contribution is 2.19. The third-order valence-electron chi connectivity index (χ3n) is 6.36. The molecule has 4 N–H and O–H groups in total. The third kappa shape index (κ3) is 9.09. The molecule has 0 radical (unpaired) electrons. The van der Waals surface area contributed by atoms with Gasteiger partial charge in [0.25, 0.3) is 5.91 Å². The molecule has 0 saturated carbocycles. The largest absolute Gasteiger partial charge is 0.394 e. The van der Waals surface area contributed by atoms with E-state index in [1.165, 1.54) is 29.8 Å². The van der Waals surface area contributed by atoms with Gasteiger partial charge in [0.2, 0.25) is 10.0 Å². The van der Waals surface area contributed by atoms with Gasteiger partial charge in [-0.25, -0.2) is 17.2 Å². The molecular weight excluding hydrogens is 540 g/mol. The average Bonchev–Trinajstić information content (AvgIpc) is 2.90. The first-order valence-electron chi connectivity index (χ1n) is 12.9. The summed E-state index contributed by atoms with van der Waals surface area (Å²) in [6.45, 7) is 2.12. The average molecular weight is 576 g/mol. The summed E-state index contributed by atoms with van der Waals surface area (Å²) in [6, 6.07) is 15.9. The topological polar surface area (TPSA) is 119 Å². The van der Waals surface area contributed by atoms with E-state index in [9.17, 15) is 32.2 Å². The Morgan fingerprint density at radius 2 is 1.62 bits per heavy atom. The van der Waals surface area contributed by atoms with E-state index in [0.29, 0.717) is 6.54 Å². The van der Waals surface area contributed by atoms with E-state index < -0.39 is 39.7 Å². The Balaban J connectivity index is 1.75. The summed E-state index contributed by atoms with van der Waals surface area (Å²) in [5.74, 6) is -2.09. The minimum atomic E-state index is -3.65. The van der Waals surface area contributed by atoms with Crippen molar-refractivity contribution in [1.29, 1.82) is 0 Å². The lowest BCUT2D eigenvalue weighted by Crippen LogP contribution is -2.48. The summed E-state index contributed by atoms with van der Waals surface area (Å²) >= 11 is 0. The van der Waals surface area contributed by atoms with E-state index in [-0.39, 0.29) is 42.9 Å². The zero-order chi connectivity index (χ0) is 29.3. The van der Waals surface area contributed by atoms with Crippen LogP contribution in [0.15, 0.2) is 66.7 Å². The fourth-order valence-corrected chi connectivity index (χ4v) is 5.26. The van der Waals surface area contributed by atoms with Gasteiger partial charge in [0.05, 0.1) is 37.2 Å². The Bertz CT molecular complexity index is 1370. The Hall–Kier alpha value is -3.38. The molecule has 1 amide bonds. The van der Waals surface area contributed by atoms with Gasteiger partial charge in [-0.2, -0.15) is 0 Å². The number of aryl methyl sites for hydroxylation is 1. The Kier molecular flexibility index (Phi) is 11.1. The number of aliphatic hydroxyl groups excluding tert-OH is 2. The second-order valence-electron chi connectivity index (χ2n) is 9.54. The predicted molar refractivity (Wildman–Crippen MR) is 151 cm³/mol. The molecule has 2 unspecified atom stereocenters. The molecule has 8 nitrogen and oxygen atoms in total. The number of amides is 1. The highest BCUT2D eigenvalue weighted by Gasteiger charge is 2.24. The number of rotatable bonds is 14. The van der Waals surface area contributed by atoms with Gasteiger partial charge in [-0.1, -0.05) is 31.2 Å². The standard InChI is InChI=1S/C29H35F2N3O5S/c1-3-20-5-4-6-21(13-20)18-32-19-28(36)27(16-22-14-24(30)17-25(31)15-22)33-29(37)23-7-9-26(10-8-23)34(11-12-35)40(2,38)39/h4-10,13-15,17,27-28,32,35-36H,3,11-12,16,18-19H2,1-2H3,(H,33,37). The highest BCUT2D eigenvalue weighted by atomic mass is 32.2. The normalized spacial score (nSPS) is 13.1. The molecule has 0 aromatic heterocycles. The highest BCUT2D eigenvalue weighted by molar-refractivity contribution is 7.92. The fraction of sp³-hybridized carbons (Fsp3) is 0.345. The minimum Gasteiger partial charge on any atom is -0.394 e. The summed E-state index contributed by atoms with van der Waals surface area (Å²) in [5.41, 5.74) is 2.94. The van der Waals surface area contributed by atoms with Crippen molar-refractivity contribution < 1.29 is 32.2 Å². The number of halogens is 2. The Morgan fingerprint density at radius 1 is 0.975 bits per heavy atom. The van der Waals surface area contributed by atoms with Crippen molar-refractivity contribution >= 4 is 21.6 Å². The van der Waals surface area contributed by atoms with Crippen molar-refractivity contribution in [3.05, 3.63) is 101 Å². The zero-order valence-corrected chi connectivity index (χ0v) is 23.3. The number of nitrogens with zero attached hydrogens (tertiary/aromatic N) is 1. The van der Waals surface area contributed by atoms with Gasteiger partial charge in [-0.3, -0.25) is 9.10 Å².